The minimum absolute atomic E-state index is 0.490. The highest BCUT2D eigenvalue weighted by atomic mass is 79.9. The molecule has 0 aliphatic carbocycles. The summed E-state index contributed by atoms with van der Waals surface area (Å²) in [4.78, 5) is 3.73. The van der Waals surface area contributed by atoms with Crippen LogP contribution in [0.25, 0.3) is 0 Å². The van der Waals surface area contributed by atoms with E-state index in [2.05, 4.69) is 26.2 Å². The van der Waals surface area contributed by atoms with Crippen molar-refractivity contribution in [1.82, 2.24) is 4.98 Å². The summed E-state index contributed by atoms with van der Waals surface area (Å²) in [6.45, 7) is 2.01. The number of benzene rings is 1. The topological polar surface area (TPSA) is 24.9 Å². The van der Waals surface area contributed by atoms with E-state index < -0.39 is 5.95 Å². The second-order valence-corrected chi connectivity index (χ2v) is 4.29. The van der Waals surface area contributed by atoms with Crippen molar-refractivity contribution in [1.29, 1.82) is 0 Å². The Morgan fingerprint density at radius 3 is 2.75 bits per heavy atom. The van der Waals surface area contributed by atoms with Crippen LogP contribution in [-0.4, -0.2) is 4.98 Å². The van der Waals surface area contributed by atoms with E-state index >= 15 is 0 Å². The summed E-state index contributed by atoms with van der Waals surface area (Å²) in [7, 11) is 0. The predicted molar refractivity (Wildman–Crippen MR) is 66.4 cm³/mol. The van der Waals surface area contributed by atoms with E-state index in [0.717, 1.165) is 15.7 Å². The van der Waals surface area contributed by atoms with E-state index in [0.29, 0.717) is 5.82 Å². The van der Waals surface area contributed by atoms with Gasteiger partial charge in [-0.3, -0.25) is 0 Å². The summed E-state index contributed by atoms with van der Waals surface area (Å²) in [5.74, 6) is 0.00642. The number of hydrogen-bond acceptors (Lipinski definition) is 2. The van der Waals surface area contributed by atoms with Gasteiger partial charge in [-0.1, -0.05) is 28.1 Å². The van der Waals surface area contributed by atoms with E-state index in [-0.39, 0.29) is 0 Å². The van der Waals surface area contributed by atoms with Crippen LogP contribution in [-0.2, 0) is 0 Å². The van der Waals surface area contributed by atoms with E-state index in [1.54, 1.807) is 12.1 Å². The Morgan fingerprint density at radius 2 is 2.06 bits per heavy atom. The molecular formula is C12H10BrFN2. The number of rotatable bonds is 2. The van der Waals surface area contributed by atoms with Gasteiger partial charge < -0.3 is 5.32 Å². The standard InChI is InChI=1S/C12H10BrFN2/c1-8-5-6-9(7-10(8)13)15-12-4-2-3-11(14)16-12/h2-7H,1H3,(H,15,16). The second kappa shape index (κ2) is 4.61. The minimum Gasteiger partial charge on any atom is -0.340 e. The molecule has 4 heteroatoms. The lowest BCUT2D eigenvalue weighted by Crippen LogP contribution is -1.95. The first kappa shape index (κ1) is 11.1. The monoisotopic (exact) mass is 280 g/mol. The number of nitrogens with zero attached hydrogens (tertiary/aromatic N) is 1. The maximum Gasteiger partial charge on any atom is 0.214 e. The van der Waals surface area contributed by atoms with Crippen LogP contribution in [0.2, 0.25) is 0 Å². The molecule has 16 heavy (non-hydrogen) atoms. The molecule has 82 valence electrons. The van der Waals surface area contributed by atoms with Gasteiger partial charge in [0.25, 0.3) is 0 Å². The zero-order valence-electron chi connectivity index (χ0n) is 8.67. The van der Waals surface area contributed by atoms with Crippen molar-refractivity contribution >= 4 is 27.4 Å². The van der Waals surface area contributed by atoms with E-state index in [9.17, 15) is 4.39 Å². The lowest BCUT2D eigenvalue weighted by molar-refractivity contribution is 0.585. The van der Waals surface area contributed by atoms with Crippen LogP contribution in [0.3, 0.4) is 0 Å². The van der Waals surface area contributed by atoms with Gasteiger partial charge in [-0.25, -0.2) is 4.98 Å². The maximum absolute atomic E-state index is 12.9. The zero-order valence-corrected chi connectivity index (χ0v) is 10.3. The summed E-state index contributed by atoms with van der Waals surface area (Å²) in [5, 5.41) is 3.03. The van der Waals surface area contributed by atoms with Crippen molar-refractivity contribution in [3.05, 3.63) is 52.4 Å². The van der Waals surface area contributed by atoms with E-state index in [1.807, 2.05) is 25.1 Å². The smallest absolute Gasteiger partial charge is 0.214 e. The number of pyridine rings is 1. The highest BCUT2D eigenvalue weighted by molar-refractivity contribution is 9.10. The van der Waals surface area contributed by atoms with Crippen molar-refractivity contribution in [2.24, 2.45) is 0 Å². The van der Waals surface area contributed by atoms with Crippen molar-refractivity contribution in [2.45, 2.75) is 6.92 Å². The average Bonchev–Trinajstić information content (AvgIpc) is 2.24. The van der Waals surface area contributed by atoms with Gasteiger partial charge in [0.05, 0.1) is 0 Å². The Hall–Kier alpha value is -1.42. The highest BCUT2D eigenvalue weighted by Gasteiger charge is 2.00. The van der Waals surface area contributed by atoms with Gasteiger partial charge >= 0.3 is 0 Å². The number of hydrogen-bond donors (Lipinski definition) is 1. The van der Waals surface area contributed by atoms with Crippen molar-refractivity contribution in [3.8, 4) is 0 Å². The molecule has 0 atom stereocenters. The molecule has 0 saturated heterocycles. The number of aryl methyl sites for hydroxylation is 1. The molecule has 0 bridgehead atoms. The molecule has 0 aliphatic rings. The highest BCUT2D eigenvalue weighted by Crippen LogP contribution is 2.22. The van der Waals surface area contributed by atoms with Crippen LogP contribution in [0.15, 0.2) is 40.9 Å². The van der Waals surface area contributed by atoms with Crippen LogP contribution in [0, 0.1) is 12.9 Å². The first-order chi connectivity index (χ1) is 7.65. The minimum atomic E-state index is -0.490. The third-order valence-electron chi connectivity index (χ3n) is 2.16. The molecular weight excluding hydrogens is 271 g/mol. The third kappa shape index (κ3) is 2.58. The molecule has 1 aromatic carbocycles. The summed E-state index contributed by atoms with van der Waals surface area (Å²) >= 11 is 3.44. The Labute approximate surface area is 102 Å². The van der Waals surface area contributed by atoms with Gasteiger partial charge in [-0.05, 0) is 36.8 Å². The average molecular weight is 281 g/mol. The summed E-state index contributed by atoms with van der Waals surface area (Å²) in [5.41, 5.74) is 2.02. The fourth-order valence-corrected chi connectivity index (χ4v) is 1.68. The molecule has 2 rings (SSSR count). The lowest BCUT2D eigenvalue weighted by Gasteiger charge is -2.07. The second-order valence-electron chi connectivity index (χ2n) is 3.43. The zero-order chi connectivity index (χ0) is 11.5. The number of nitrogens with one attached hydrogen (secondary N) is 1. The molecule has 2 nitrogen and oxygen atoms in total. The summed E-state index contributed by atoms with van der Waals surface area (Å²) in [6, 6.07) is 10.5. The predicted octanol–water partition coefficient (Wildman–Crippen LogP) is 4.04. The van der Waals surface area contributed by atoms with Gasteiger partial charge in [-0.2, -0.15) is 4.39 Å². The molecule has 0 fully saturated rings. The summed E-state index contributed by atoms with van der Waals surface area (Å²) in [6.07, 6.45) is 0. The Morgan fingerprint density at radius 1 is 1.25 bits per heavy atom. The molecule has 0 spiro atoms. The fourth-order valence-electron chi connectivity index (χ4n) is 1.30. The first-order valence-electron chi connectivity index (χ1n) is 4.81. The third-order valence-corrected chi connectivity index (χ3v) is 3.01. The van der Waals surface area contributed by atoms with Crippen LogP contribution in [0.5, 0.6) is 0 Å². The number of aromatic nitrogens is 1. The van der Waals surface area contributed by atoms with Gasteiger partial charge in [-0.15, -0.1) is 0 Å². The molecule has 0 amide bonds. The first-order valence-corrected chi connectivity index (χ1v) is 5.60. The largest absolute Gasteiger partial charge is 0.340 e. The van der Waals surface area contributed by atoms with Crippen LogP contribution in [0.1, 0.15) is 5.56 Å². The van der Waals surface area contributed by atoms with Gasteiger partial charge in [0.2, 0.25) is 5.95 Å². The lowest BCUT2D eigenvalue weighted by atomic mass is 10.2. The summed E-state index contributed by atoms with van der Waals surface area (Å²) < 4.78 is 13.9. The Bertz CT molecular complexity index is 514. The van der Waals surface area contributed by atoms with E-state index in [1.165, 1.54) is 6.07 Å². The Kier molecular flexibility index (Phi) is 3.19. The molecule has 2 aromatic rings. The molecule has 0 saturated carbocycles. The maximum atomic E-state index is 12.9. The van der Waals surface area contributed by atoms with Crippen molar-refractivity contribution in [2.75, 3.05) is 5.32 Å². The van der Waals surface area contributed by atoms with Crippen LogP contribution in [0.4, 0.5) is 15.9 Å². The molecule has 1 heterocycles. The van der Waals surface area contributed by atoms with E-state index in [4.69, 9.17) is 0 Å². The Balaban J connectivity index is 2.24. The molecule has 1 aromatic heterocycles. The van der Waals surface area contributed by atoms with Gasteiger partial charge in [0.15, 0.2) is 0 Å². The SMILES string of the molecule is Cc1ccc(Nc2cccc(F)n2)cc1Br. The van der Waals surface area contributed by atoms with Gasteiger partial charge in [0, 0.05) is 10.2 Å². The molecule has 0 unspecified atom stereocenters. The fraction of sp³-hybridized carbons (Fsp3) is 0.0833. The van der Waals surface area contributed by atoms with Gasteiger partial charge in [0.1, 0.15) is 5.82 Å². The van der Waals surface area contributed by atoms with Crippen LogP contribution < -0.4 is 5.32 Å². The quantitative estimate of drug-likeness (QED) is 0.840. The van der Waals surface area contributed by atoms with Crippen LogP contribution >= 0.6 is 15.9 Å². The molecule has 1 N–H and O–H groups in total. The molecule has 0 radical (unpaired) electrons. The van der Waals surface area contributed by atoms with Crippen molar-refractivity contribution in [3.63, 3.8) is 0 Å². The number of anilines is 2. The molecule has 0 aliphatic heterocycles. The van der Waals surface area contributed by atoms with Crippen molar-refractivity contribution < 1.29 is 4.39 Å². The normalized spacial score (nSPS) is 10.2. The number of halogens is 2.